The highest BCUT2D eigenvalue weighted by molar-refractivity contribution is 14.0. The molecule has 3 nitrogen and oxygen atoms in total. The average molecular weight is 387 g/mol. The van der Waals surface area contributed by atoms with Crippen LogP contribution in [0, 0.1) is 0 Å². The minimum Gasteiger partial charge on any atom is -0.370 e. The van der Waals surface area contributed by atoms with Crippen LogP contribution in [0.3, 0.4) is 0 Å². The molecule has 0 aromatic heterocycles. The topological polar surface area (TPSA) is 50.4 Å². The standard InChI is InChI=1S/C13H29N3S.HI/c1-4-5-6-7-8-9-10-15-13(14)16-11-12(2)17-3;/h12H,4-11H2,1-3H3,(H3,14,15,16);1H. The minimum atomic E-state index is 0. The fraction of sp³-hybridized carbons (Fsp3) is 0.923. The molecule has 0 aliphatic heterocycles. The lowest BCUT2D eigenvalue weighted by molar-refractivity contribution is 0.601. The Kier molecular flexibility index (Phi) is 17.7. The molecule has 0 spiro atoms. The predicted molar refractivity (Wildman–Crippen MR) is 96.3 cm³/mol. The van der Waals surface area contributed by atoms with Gasteiger partial charge in [0.2, 0.25) is 0 Å². The van der Waals surface area contributed by atoms with Gasteiger partial charge < -0.3 is 11.1 Å². The highest BCUT2D eigenvalue weighted by Gasteiger charge is 1.97. The first-order chi connectivity index (χ1) is 8.20. The Bertz CT molecular complexity index is 201. The van der Waals surface area contributed by atoms with Crippen LogP contribution in [-0.4, -0.2) is 30.6 Å². The van der Waals surface area contributed by atoms with Gasteiger partial charge in [-0.1, -0.05) is 46.0 Å². The fourth-order valence-electron chi connectivity index (χ4n) is 1.48. The number of nitrogens with one attached hydrogen (secondary N) is 1. The van der Waals surface area contributed by atoms with E-state index < -0.39 is 0 Å². The van der Waals surface area contributed by atoms with Crippen LogP contribution in [0.1, 0.15) is 52.4 Å². The molecule has 110 valence electrons. The monoisotopic (exact) mass is 387 g/mol. The lowest BCUT2D eigenvalue weighted by atomic mass is 10.1. The van der Waals surface area contributed by atoms with Crippen LogP contribution in [0.25, 0.3) is 0 Å². The van der Waals surface area contributed by atoms with E-state index in [9.17, 15) is 0 Å². The average Bonchev–Trinajstić information content (AvgIpc) is 2.34. The summed E-state index contributed by atoms with van der Waals surface area (Å²) >= 11 is 1.82. The van der Waals surface area contributed by atoms with Crippen LogP contribution in [-0.2, 0) is 0 Å². The van der Waals surface area contributed by atoms with Gasteiger partial charge in [-0.25, -0.2) is 0 Å². The maximum absolute atomic E-state index is 5.77. The van der Waals surface area contributed by atoms with E-state index in [1.807, 2.05) is 11.8 Å². The summed E-state index contributed by atoms with van der Waals surface area (Å²) in [5.41, 5.74) is 5.77. The Labute approximate surface area is 134 Å². The summed E-state index contributed by atoms with van der Waals surface area (Å²) in [5.74, 6) is 0.597. The van der Waals surface area contributed by atoms with E-state index in [0.29, 0.717) is 11.2 Å². The van der Waals surface area contributed by atoms with Gasteiger partial charge in [-0.3, -0.25) is 4.99 Å². The van der Waals surface area contributed by atoms with Gasteiger partial charge in [0.25, 0.3) is 0 Å². The third-order valence-corrected chi connectivity index (χ3v) is 3.71. The van der Waals surface area contributed by atoms with E-state index in [1.165, 1.54) is 38.5 Å². The second kappa shape index (κ2) is 15.4. The first-order valence-corrected chi connectivity index (χ1v) is 8.06. The molecule has 18 heavy (non-hydrogen) atoms. The second-order valence-corrected chi connectivity index (χ2v) is 5.74. The lowest BCUT2D eigenvalue weighted by Gasteiger charge is -2.07. The van der Waals surface area contributed by atoms with Crippen molar-refractivity contribution in [3.63, 3.8) is 0 Å². The quantitative estimate of drug-likeness (QED) is 0.261. The third kappa shape index (κ3) is 14.4. The van der Waals surface area contributed by atoms with E-state index in [0.717, 1.165) is 13.1 Å². The van der Waals surface area contributed by atoms with Crippen molar-refractivity contribution in [3.8, 4) is 0 Å². The number of thioether (sulfide) groups is 1. The maximum Gasteiger partial charge on any atom is 0.188 e. The fourth-order valence-corrected chi connectivity index (χ4v) is 1.70. The molecule has 0 aromatic carbocycles. The number of rotatable bonds is 10. The molecule has 0 aromatic rings. The smallest absolute Gasteiger partial charge is 0.188 e. The molecule has 0 fully saturated rings. The third-order valence-electron chi connectivity index (χ3n) is 2.76. The zero-order chi connectivity index (χ0) is 12.9. The van der Waals surface area contributed by atoms with Crippen molar-refractivity contribution < 1.29 is 0 Å². The van der Waals surface area contributed by atoms with Gasteiger partial charge >= 0.3 is 0 Å². The lowest BCUT2D eigenvalue weighted by Crippen LogP contribution is -2.33. The number of unbranched alkanes of at least 4 members (excludes halogenated alkanes) is 5. The predicted octanol–water partition coefficient (Wildman–Crippen LogP) is 3.62. The molecule has 1 unspecified atom stereocenters. The van der Waals surface area contributed by atoms with Crippen molar-refractivity contribution >= 4 is 41.7 Å². The van der Waals surface area contributed by atoms with Gasteiger partial charge in [0.1, 0.15) is 0 Å². The number of guanidine groups is 1. The first kappa shape index (κ1) is 20.7. The van der Waals surface area contributed by atoms with Crippen LogP contribution in [0.4, 0.5) is 0 Å². The highest BCUT2D eigenvalue weighted by atomic mass is 127. The highest BCUT2D eigenvalue weighted by Crippen LogP contribution is 2.05. The van der Waals surface area contributed by atoms with Gasteiger partial charge in [-0.05, 0) is 12.7 Å². The molecule has 0 saturated carbocycles. The Morgan fingerprint density at radius 1 is 1.22 bits per heavy atom. The number of nitrogens with zero attached hydrogens (tertiary/aromatic N) is 1. The Hall–Kier alpha value is 0.350. The summed E-state index contributed by atoms with van der Waals surface area (Å²) in [5, 5.41) is 3.72. The molecule has 0 aliphatic carbocycles. The maximum atomic E-state index is 5.77. The van der Waals surface area contributed by atoms with Crippen molar-refractivity contribution in [1.82, 2.24) is 5.32 Å². The zero-order valence-electron chi connectivity index (χ0n) is 12.1. The Morgan fingerprint density at radius 2 is 1.83 bits per heavy atom. The van der Waals surface area contributed by atoms with E-state index in [4.69, 9.17) is 5.73 Å². The SMILES string of the molecule is CCCCCCCCNC(N)=NCC(C)SC.I. The summed E-state index contributed by atoms with van der Waals surface area (Å²) in [6, 6.07) is 0. The molecule has 5 heteroatoms. The summed E-state index contributed by atoms with van der Waals surface area (Å²) in [6.45, 7) is 6.16. The molecule has 0 amide bonds. The molecule has 1 atom stereocenters. The number of hydrogen-bond acceptors (Lipinski definition) is 2. The van der Waals surface area contributed by atoms with Crippen molar-refractivity contribution in [1.29, 1.82) is 0 Å². The summed E-state index contributed by atoms with van der Waals surface area (Å²) in [6.07, 6.45) is 9.97. The first-order valence-electron chi connectivity index (χ1n) is 6.77. The Morgan fingerprint density at radius 3 is 2.44 bits per heavy atom. The van der Waals surface area contributed by atoms with Gasteiger partial charge in [-0.2, -0.15) is 11.8 Å². The molecule has 0 heterocycles. The van der Waals surface area contributed by atoms with Gasteiger partial charge in [0.15, 0.2) is 5.96 Å². The number of nitrogens with two attached hydrogens (primary N) is 1. The molecule has 0 aliphatic rings. The van der Waals surface area contributed by atoms with Crippen LogP contribution in [0.5, 0.6) is 0 Å². The molecule has 3 N–H and O–H groups in total. The van der Waals surface area contributed by atoms with Gasteiger partial charge in [0.05, 0.1) is 6.54 Å². The largest absolute Gasteiger partial charge is 0.370 e. The van der Waals surface area contributed by atoms with Crippen LogP contribution in [0.15, 0.2) is 4.99 Å². The van der Waals surface area contributed by atoms with Crippen LogP contribution in [0.2, 0.25) is 0 Å². The van der Waals surface area contributed by atoms with E-state index in [2.05, 4.69) is 30.4 Å². The number of aliphatic imine (C=N–C) groups is 1. The zero-order valence-corrected chi connectivity index (χ0v) is 15.2. The van der Waals surface area contributed by atoms with E-state index in [-0.39, 0.29) is 24.0 Å². The molecule has 0 radical (unpaired) electrons. The van der Waals surface area contributed by atoms with Gasteiger partial charge in [0, 0.05) is 11.8 Å². The van der Waals surface area contributed by atoms with Crippen LogP contribution < -0.4 is 11.1 Å². The number of halogens is 1. The van der Waals surface area contributed by atoms with Crippen molar-refractivity contribution in [3.05, 3.63) is 0 Å². The molecule has 0 rings (SSSR count). The summed E-state index contributed by atoms with van der Waals surface area (Å²) < 4.78 is 0. The molecular formula is C13H30IN3S. The minimum absolute atomic E-state index is 0. The van der Waals surface area contributed by atoms with E-state index in [1.54, 1.807) is 0 Å². The summed E-state index contributed by atoms with van der Waals surface area (Å²) in [4.78, 5) is 4.30. The van der Waals surface area contributed by atoms with Crippen molar-refractivity contribution in [2.24, 2.45) is 10.7 Å². The normalized spacial score (nSPS) is 12.9. The molecular weight excluding hydrogens is 357 g/mol. The molecule has 0 saturated heterocycles. The van der Waals surface area contributed by atoms with E-state index >= 15 is 0 Å². The van der Waals surface area contributed by atoms with Gasteiger partial charge in [-0.15, -0.1) is 24.0 Å². The summed E-state index contributed by atoms with van der Waals surface area (Å²) in [7, 11) is 0. The number of hydrogen-bond donors (Lipinski definition) is 2. The van der Waals surface area contributed by atoms with Crippen molar-refractivity contribution in [2.75, 3.05) is 19.3 Å². The van der Waals surface area contributed by atoms with Crippen molar-refractivity contribution in [2.45, 2.75) is 57.6 Å². The van der Waals surface area contributed by atoms with Crippen LogP contribution >= 0.6 is 35.7 Å². The second-order valence-electron chi connectivity index (χ2n) is 4.47. The Balaban J connectivity index is 0. The molecule has 0 bridgehead atoms.